The van der Waals surface area contributed by atoms with Crippen molar-refractivity contribution in [3.63, 3.8) is 0 Å². The van der Waals surface area contributed by atoms with Crippen LogP contribution in [0.5, 0.6) is 0 Å². The summed E-state index contributed by atoms with van der Waals surface area (Å²) in [6, 6.07) is 32.0. The van der Waals surface area contributed by atoms with Crippen LogP contribution in [-0.4, -0.2) is 5.92 Å². The van der Waals surface area contributed by atoms with Crippen molar-refractivity contribution in [2.24, 2.45) is 0 Å². The molecule has 0 heterocycles. The third kappa shape index (κ3) is 5.64. The van der Waals surface area contributed by atoms with Gasteiger partial charge in [0.15, 0.2) is 0 Å². The van der Waals surface area contributed by atoms with Crippen molar-refractivity contribution in [3.05, 3.63) is 130 Å². The fourth-order valence-electron chi connectivity index (χ4n) is 8.01. The Morgan fingerprint density at radius 2 is 1.33 bits per heavy atom. The van der Waals surface area contributed by atoms with E-state index in [0.29, 0.717) is 5.92 Å². The SMILES string of the molecule is CCCC1=Cc2c(-c3ccc(C(C)C)cc3)cccc2[CH]1[Zr]([Cl])([Cl])([CH]1C=Cc2c(-c3ccc(C(C)(C)C)cc3)cccc21)[SiH](C)C. The molecule has 0 saturated heterocycles. The van der Waals surface area contributed by atoms with Gasteiger partial charge in [0, 0.05) is 0 Å². The molecule has 46 heavy (non-hydrogen) atoms. The Morgan fingerprint density at radius 3 is 1.87 bits per heavy atom. The van der Waals surface area contributed by atoms with Gasteiger partial charge in [0.25, 0.3) is 0 Å². The summed E-state index contributed by atoms with van der Waals surface area (Å²) < 4.78 is 0.210. The van der Waals surface area contributed by atoms with Crippen LogP contribution in [0.2, 0.25) is 13.1 Å². The van der Waals surface area contributed by atoms with E-state index in [4.69, 9.17) is 17.0 Å². The van der Waals surface area contributed by atoms with Gasteiger partial charge < -0.3 is 0 Å². The number of rotatable bonds is 8. The molecule has 6 rings (SSSR count). The maximum atomic E-state index is 8.50. The minimum atomic E-state index is -4.70. The quantitative estimate of drug-likeness (QED) is 0.158. The van der Waals surface area contributed by atoms with E-state index in [1.165, 1.54) is 61.2 Å². The van der Waals surface area contributed by atoms with Crippen LogP contribution >= 0.6 is 17.0 Å². The second-order valence-electron chi connectivity index (χ2n) is 15.3. The molecule has 4 aromatic rings. The fourth-order valence-corrected chi connectivity index (χ4v) is 37.4. The Morgan fingerprint density at radius 1 is 0.761 bits per heavy atom. The van der Waals surface area contributed by atoms with Crippen molar-refractivity contribution in [3.8, 4) is 22.3 Å². The molecular weight excluding hydrogens is 695 g/mol. The van der Waals surface area contributed by atoms with E-state index in [9.17, 15) is 0 Å². The van der Waals surface area contributed by atoms with E-state index >= 15 is 0 Å². The molecule has 2 atom stereocenters. The number of benzene rings is 4. The van der Waals surface area contributed by atoms with E-state index in [1.807, 2.05) is 0 Å². The minimum absolute atomic E-state index is 0.0884. The molecule has 0 bridgehead atoms. The first-order valence-electron chi connectivity index (χ1n) is 17.2. The predicted octanol–water partition coefficient (Wildman–Crippen LogP) is 13.4. The van der Waals surface area contributed by atoms with Crippen LogP contribution in [0.15, 0.2) is 96.6 Å². The van der Waals surface area contributed by atoms with Gasteiger partial charge in [-0.3, -0.25) is 0 Å². The van der Waals surface area contributed by atoms with Gasteiger partial charge in [-0.2, -0.15) is 0 Å². The Balaban J connectivity index is 1.48. The third-order valence-electron chi connectivity index (χ3n) is 10.8. The van der Waals surface area contributed by atoms with Gasteiger partial charge in [-0.15, -0.1) is 0 Å². The van der Waals surface area contributed by atoms with E-state index < -0.39 is 21.5 Å². The number of fused-ring (bicyclic) bond motifs is 2. The maximum absolute atomic E-state index is 8.50. The van der Waals surface area contributed by atoms with Gasteiger partial charge in [0.1, 0.15) is 0 Å². The zero-order valence-electron chi connectivity index (χ0n) is 28.8. The Labute approximate surface area is 286 Å². The van der Waals surface area contributed by atoms with E-state index in [2.05, 4.69) is 158 Å². The molecule has 2 aliphatic rings. The van der Waals surface area contributed by atoms with Gasteiger partial charge in [-0.25, -0.2) is 0 Å². The topological polar surface area (TPSA) is 0 Å². The molecule has 0 fully saturated rings. The van der Waals surface area contributed by atoms with Crippen LogP contribution in [-0.2, 0) is 21.0 Å². The standard InChI is InChI=1S/C21H23.C19H19.C2H7Si.2ClH.Zr/c1-4-6-16-13-19-7-5-8-20(21(19)14-16)18-11-9-17(10-12-18)15(2)3;1-19(2,3)16-12-10-15(11-13-16)18-9-5-7-14-6-4-8-17(14)18;1-3-2;;;/h5,7-15H,4,6H2,1-3H3;4-13H,1-3H3;3H,1-2H3;2*1H;/q;;;;;+2/p-2. The molecule has 0 N–H and O–H groups in total. The molecule has 4 aromatic carbocycles. The molecule has 0 radical (unpaired) electrons. The predicted molar refractivity (Wildman–Crippen MR) is 205 cm³/mol. The Kier molecular flexibility index (Phi) is 9.21. The number of hydrogen-bond donors (Lipinski definition) is 0. The summed E-state index contributed by atoms with van der Waals surface area (Å²) in [5.74, 6) is -1.06. The van der Waals surface area contributed by atoms with Gasteiger partial charge in [-0.1, -0.05) is 0 Å². The van der Waals surface area contributed by atoms with E-state index in [-0.39, 0.29) is 12.7 Å². The van der Waals surface area contributed by atoms with Gasteiger partial charge in [-0.05, 0) is 0 Å². The van der Waals surface area contributed by atoms with Crippen molar-refractivity contribution in [1.29, 1.82) is 0 Å². The monoisotopic (exact) mass is 741 g/mol. The van der Waals surface area contributed by atoms with Gasteiger partial charge >= 0.3 is 289 Å². The molecule has 239 valence electrons. The number of allylic oxidation sites excluding steroid dienone is 2. The van der Waals surface area contributed by atoms with Crippen LogP contribution in [0.3, 0.4) is 0 Å². The first-order valence-corrected chi connectivity index (χ1v) is 33.5. The summed E-state index contributed by atoms with van der Waals surface area (Å²) in [7, 11) is 17.0. The average molecular weight is 744 g/mol. The molecule has 2 aliphatic carbocycles. The zero-order valence-corrected chi connectivity index (χ0v) is 33.9. The second-order valence-corrected chi connectivity index (χ2v) is 58.0. The molecule has 0 nitrogen and oxygen atoms in total. The van der Waals surface area contributed by atoms with Crippen LogP contribution in [0, 0.1) is 0 Å². The normalized spacial score (nSPS) is 18.4. The first kappa shape index (κ1) is 33.9. The number of hydrogen-bond acceptors (Lipinski definition) is 0. The molecule has 0 amide bonds. The van der Waals surface area contributed by atoms with Crippen LogP contribution in [0.25, 0.3) is 34.4 Å². The zero-order chi connectivity index (χ0) is 33.0. The fraction of sp³-hybridized carbons (Fsp3) is 0.333. The molecule has 0 spiro atoms. The summed E-state index contributed by atoms with van der Waals surface area (Å²) in [5, 5.41) is 0. The summed E-state index contributed by atoms with van der Waals surface area (Å²) >= 11 is -4.70. The molecule has 0 aliphatic heterocycles. The summed E-state index contributed by atoms with van der Waals surface area (Å²) in [6.45, 7) is 18.5. The molecule has 4 heteroatoms. The van der Waals surface area contributed by atoms with Crippen molar-refractivity contribution in [2.45, 2.75) is 86.1 Å². The molecule has 2 unspecified atom stereocenters. The van der Waals surface area contributed by atoms with Crippen molar-refractivity contribution in [1.82, 2.24) is 0 Å². The molecule has 0 saturated carbocycles. The van der Waals surface area contributed by atoms with Crippen molar-refractivity contribution in [2.75, 3.05) is 0 Å². The molecular formula is C42H49Cl2SiZr. The summed E-state index contributed by atoms with van der Waals surface area (Å²) in [6.07, 6.45) is 9.34. The third-order valence-corrected chi connectivity index (χ3v) is 62.8. The van der Waals surface area contributed by atoms with Crippen LogP contribution < -0.4 is 0 Å². The Hall–Kier alpha value is -1.96. The summed E-state index contributed by atoms with van der Waals surface area (Å²) in [5.41, 5.74) is 14.7. The van der Waals surface area contributed by atoms with Crippen molar-refractivity contribution < 1.29 is 15.6 Å². The second kappa shape index (κ2) is 12.5. The summed E-state index contributed by atoms with van der Waals surface area (Å²) in [4.78, 5) is 0. The van der Waals surface area contributed by atoms with Gasteiger partial charge in [0.05, 0.1) is 0 Å². The Bertz CT molecular complexity index is 1820. The van der Waals surface area contributed by atoms with Crippen LogP contribution in [0.4, 0.5) is 0 Å². The van der Waals surface area contributed by atoms with E-state index in [0.717, 1.165) is 12.8 Å². The molecule has 0 aromatic heterocycles. The number of halogens is 2. The average Bonchev–Trinajstić information content (AvgIpc) is 3.64. The van der Waals surface area contributed by atoms with Gasteiger partial charge in [0.2, 0.25) is 0 Å². The van der Waals surface area contributed by atoms with E-state index in [1.54, 1.807) is 0 Å². The van der Waals surface area contributed by atoms with Crippen molar-refractivity contribution >= 4 is 35.1 Å². The van der Waals surface area contributed by atoms with Crippen LogP contribution in [0.1, 0.15) is 101 Å². The first-order chi connectivity index (χ1) is 21.7.